The van der Waals surface area contributed by atoms with Gasteiger partial charge in [0.15, 0.2) is 0 Å². The minimum Gasteiger partial charge on any atom is -0.508 e. The van der Waals surface area contributed by atoms with Crippen molar-refractivity contribution in [2.45, 2.75) is 58.0 Å². The first-order chi connectivity index (χ1) is 10.1. The molecule has 3 N–H and O–H groups in total. The first-order valence-corrected chi connectivity index (χ1v) is 7.94. The van der Waals surface area contributed by atoms with Crippen molar-refractivity contribution >= 4 is 5.91 Å². The molecule has 0 spiro atoms. The molecule has 1 aliphatic carbocycles. The van der Waals surface area contributed by atoms with Crippen LogP contribution < -0.4 is 10.6 Å². The van der Waals surface area contributed by atoms with Crippen LogP contribution in [-0.4, -0.2) is 29.6 Å². The topological polar surface area (TPSA) is 61.4 Å². The van der Waals surface area contributed by atoms with Crippen molar-refractivity contribution in [2.75, 3.05) is 6.54 Å². The summed E-state index contributed by atoms with van der Waals surface area (Å²) < 4.78 is 0. The van der Waals surface area contributed by atoms with E-state index in [2.05, 4.69) is 17.6 Å². The molecule has 0 aromatic heterocycles. The van der Waals surface area contributed by atoms with Crippen LogP contribution in [0.2, 0.25) is 0 Å². The highest BCUT2D eigenvalue weighted by Gasteiger charge is 2.23. The SMILES string of the molecule is CCCNC1CCC(NC(=O)c2cccc(O)c2C)CC1. The summed E-state index contributed by atoms with van der Waals surface area (Å²) in [5.74, 6) is 0.100. The van der Waals surface area contributed by atoms with Crippen LogP contribution in [0.5, 0.6) is 5.75 Å². The Morgan fingerprint density at radius 3 is 2.57 bits per heavy atom. The van der Waals surface area contributed by atoms with Crippen molar-refractivity contribution in [2.24, 2.45) is 0 Å². The highest BCUT2D eigenvalue weighted by atomic mass is 16.3. The summed E-state index contributed by atoms with van der Waals surface area (Å²) >= 11 is 0. The van der Waals surface area contributed by atoms with Crippen LogP contribution >= 0.6 is 0 Å². The van der Waals surface area contributed by atoms with E-state index in [1.165, 1.54) is 0 Å². The lowest BCUT2D eigenvalue weighted by molar-refractivity contribution is 0.0923. The van der Waals surface area contributed by atoms with Crippen LogP contribution in [0.25, 0.3) is 0 Å². The number of carbonyl (C=O) groups is 1. The number of aromatic hydroxyl groups is 1. The summed E-state index contributed by atoms with van der Waals surface area (Å²) in [4.78, 5) is 12.3. The Morgan fingerprint density at radius 1 is 1.24 bits per heavy atom. The zero-order chi connectivity index (χ0) is 15.2. The van der Waals surface area contributed by atoms with Gasteiger partial charge in [0.25, 0.3) is 5.91 Å². The molecule has 0 unspecified atom stereocenters. The normalized spacial score (nSPS) is 22.0. The average Bonchev–Trinajstić information content (AvgIpc) is 2.49. The van der Waals surface area contributed by atoms with E-state index in [0.29, 0.717) is 17.2 Å². The Hall–Kier alpha value is -1.55. The molecule has 1 aromatic carbocycles. The zero-order valence-electron chi connectivity index (χ0n) is 13.0. The van der Waals surface area contributed by atoms with E-state index in [-0.39, 0.29) is 17.7 Å². The molecule has 2 rings (SSSR count). The Labute approximate surface area is 126 Å². The molecule has 1 fully saturated rings. The molecular weight excluding hydrogens is 264 g/mol. The molecule has 0 bridgehead atoms. The van der Waals surface area contributed by atoms with Crippen molar-refractivity contribution in [3.05, 3.63) is 29.3 Å². The largest absolute Gasteiger partial charge is 0.508 e. The highest BCUT2D eigenvalue weighted by Crippen LogP contribution is 2.22. The van der Waals surface area contributed by atoms with E-state index in [1.54, 1.807) is 25.1 Å². The number of carbonyl (C=O) groups excluding carboxylic acids is 1. The number of rotatable bonds is 5. The molecule has 116 valence electrons. The van der Waals surface area contributed by atoms with Gasteiger partial charge in [-0.15, -0.1) is 0 Å². The van der Waals surface area contributed by atoms with Crippen LogP contribution in [-0.2, 0) is 0 Å². The molecule has 4 nitrogen and oxygen atoms in total. The summed E-state index contributed by atoms with van der Waals surface area (Å²) in [6.45, 7) is 5.02. The Bertz CT molecular complexity index is 480. The molecule has 4 heteroatoms. The molecule has 1 saturated carbocycles. The first kappa shape index (κ1) is 15.8. The van der Waals surface area contributed by atoms with Gasteiger partial charge >= 0.3 is 0 Å². The Morgan fingerprint density at radius 2 is 1.90 bits per heavy atom. The minimum absolute atomic E-state index is 0.0756. The Kier molecular flexibility index (Phi) is 5.62. The van der Waals surface area contributed by atoms with Gasteiger partial charge in [0.2, 0.25) is 0 Å². The van der Waals surface area contributed by atoms with Gasteiger partial charge in [0, 0.05) is 23.2 Å². The quantitative estimate of drug-likeness (QED) is 0.781. The first-order valence-electron chi connectivity index (χ1n) is 7.94. The maximum absolute atomic E-state index is 12.3. The lowest BCUT2D eigenvalue weighted by atomic mass is 9.90. The maximum atomic E-state index is 12.3. The number of phenols is 1. The maximum Gasteiger partial charge on any atom is 0.251 e. The van der Waals surface area contributed by atoms with Gasteiger partial charge in [-0.2, -0.15) is 0 Å². The van der Waals surface area contributed by atoms with E-state index < -0.39 is 0 Å². The van der Waals surface area contributed by atoms with Gasteiger partial charge in [-0.25, -0.2) is 0 Å². The molecule has 1 amide bonds. The monoisotopic (exact) mass is 290 g/mol. The van der Waals surface area contributed by atoms with Crippen LogP contribution in [0.3, 0.4) is 0 Å². The third kappa shape index (κ3) is 4.21. The summed E-state index contributed by atoms with van der Waals surface area (Å²) in [7, 11) is 0. The highest BCUT2D eigenvalue weighted by molar-refractivity contribution is 5.96. The number of benzene rings is 1. The molecule has 0 saturated heterocycles. The smallest absolute Gasteiger partial charge is 0.251 e. The van der Waals surface area contributed by atoms with Crippen LogP contribution in [0.1, 0.15) is 54.9 Å². The van der Waals surface area contributed by atoms with E-state index >= 15 is 0 Å². The lowest BCUT2D eigenvalue weighted by Gasteiger charge is -2.30. The fourth-order valence-electron chi connectivity index (χ4n) is 2.92. The van der Waals surface area contributed by atoms with Gasteiger partial charge in [-0.3, -0.25) is 4.79 Å². The van der Waals surface area contributed by atoms with Crippen molar-refractivity contribution in [1.82, 2.24) is 10.6 Å². The second kappa shape index (κ2) is 7.46. The van der Waals surface area contributed by atoms with E-state index in [1.807, 2.05) is 0 Å². The number of hydrogen-bond acceptors (Lipinski definition) is 3. The summed E-state index contributed by atoms with van der Waals surface area (Å²) in [6, 6.07) is 5.93. The van der Waals surface area contributed by atoms with E-state index in [9.17, 15) is 9.90 Å². The van der Waals surface area contributed by atoms with Gasteiger partial charge in [-0.1, -0.05) is 13.0 Å². The van der Waals surface area contributed by atoms with Gasteiger partial charge < -0.3 is 15.7 Å². The predicted octanol–water partition coefficient (Wildman–Crippen LogP) is 2.74. The van der Waals surface area contributed by atoms with E-state index in [0.717, 1.165) is 38.6 Å². The van der Waals surface area contributed by atoms with E-state index in [4.69, 9.17) is 0 Å². The number of nitrogens with one attached hydrogen (secondary N) is 2. The second-order valence-electron chi connectivity index (χ2n) is 5.93. The fraction of sp³-hybridized carbons (Fsp3) is 0.588. The van der Waals surface area contributed by atoms with Crippen LogP contribution in [0, 0.1) is 6.92 Å². The van der Waals surface area contributed by atoms with Gasteiger partial charge in [-0.05, 0) is 57.7 Å². The van der Waals surface area contributed by atoms with Crippen LogP contribution in [0.4, 0.5) is 0 Å². The van der Waals surface area contributed by atoms with Crippen molar-refractivity contribution in [1.29, 1.82) is 0 Å². The molecule has 1 aliphatic rings. The minimum atomic E-state index is -0.0756. The van der Waals surface area contributed by atoms with Crippen LogP contribution in [0.15, 0.2) is 18.2 Å². The number of hydrogen-bond donors (Lipinski definition) is 3. The molecule has 21 heavy (non-hydrogen) atoms. The summed E-state index contributed by atoms with van der Waals surface area (Å²) in [5.41, 5.74) is 1.22. The number of phenolic OH excluding ortho intramolecular Hbond substituents is 1. The third-order valence-electron chi connectivity index (χ3n) is 4.30. The number of amides is 1. The summed E-state index contributed by atoms with van der Waals surface area (Å²) in [6.07, 6.45) is 5.43. The second-order valence-corrected chi connectivity index (χ2v) is 5.93. The standard InChI is InChI=1S/C17H26N2O2/c1-3-11-18-13-7-9-14(10-8-13)19-17(21)15-5-4-6-16(20)12(15)2/h4-6,13-14,18,20H,3,7-11H2,1-2H3,(H,19,21). The Balaban J connectivity index is 1.86. The van der Waals surface area contributed by atoms with Crippen molar-refractivity contribution < 1.29 is 9.90 Å². The van der Waals surface area contributed by atoms with Gasteiger partial charge in [0.1, 0.15) is 5.75 Å². The van der Waals surface area contributed by atoms with Crippen molar-refractivity contribution in [3.8, 4) is 5.75 Å². The third-order valence-corrected chi connectivity index (χ3v) is 4.30. The van der Waals surface area contributed by atoms with Gasteiger partial charge in [0.05, 0.1) is 0 Å². The molecule has 1 aromatic rings. The lowest BCUT2D eigenvalue weighted by Crippen LogP contribution is -2.42. The fourth-order valence-corrected chi connectivity index (χ4v) is 2.92. The molecule has 0 atom stereocenters. The molecular formula is C17H26N2O2. The summed E-state index contributed by atoms with van der Waals surface area (Å²) in [5, 5.41) is 16.3. The van der Waals surface area contributed by atoms with Crippen molar-refractivity contribution in [3.63, 3.8) is 0 Å². The predicted molar refractivity (Wildman–Crippen MR) is 84.6 cm³/mol. The zero-order valence-corrected chi connectivity index (χ0v) is 13.0. The molecule has 0 aliphatic heterocycles. The average molecular weight is 290 g/mol. The molecule has 0 radical (unpaired) electrons. The molecule has 0 heterocycles.